The zero-order valence-electron chi connectivity index (χ0n) is 21.9. The summed E-state index contributed by atoms with van der Waals surface area (Å²) in [4.78, 5) is 39.8. The van der Waals surface area contributed by atoms with E-state index in [1.54, 1.807) is 22.0 Å². The molecule has 2 amide bonds. The van der Waals surface area contributed by atoms with Gasteiger partial charge in [-0.1, -0.05) is 17.7 Å². The van der Waals surface area contributed by atoms with Crippen LogP contribution in [0.1, 0.15) is 45.7 Å². The lowest BCUT2D eigenvalue weighted by atomic mass is 10.0. The molecule has 0 unspecified atom stereocenters. The van der Waals surface area contributed by atoms with Gasteiger partial charge in [0.25, 0.3) is 12.3 Å². The van der Waals surface area contributed by atoms with E-state index in [1.807, 2.05) is 13.0 Å². The lowest BCUT2D eigenvalue weighted by Gasteiger charge is -2.19. The molecule has 0 spiro atoms. The van der Waals surface area contributed by atoms with Crippen molar-refractivity contribution < 1.29 is 22.8 Å². The Bertz CT molecular complexity index is 1710. The number of piperidine rings is 1. The fraction of sp³-hybridized carbons (Fsp3) is 0.286. The summed E-state index contributed by atoms with van der Waals surface area (Å²) in [5.74, 6) is -0.190. The maximum absolute atomic E-state index is 14.6. The zero-order valence-corrected chi connectivity index (χ0v) is 22.7. The van der Waals surface area contributed by atoms with Crippen molar-refractivity contribution in [1.29, 1.82) is 0 Å². The van der Waals surface area contributed by atoms with Gasteiger partial charge in [0.05, 0.1) is 41.0 Å². The van der Waals surface area contributed by atoms with E-state index in [0.717, 1.165) is 42.4 Å². The van der Waals surface area contributed by atoms with Crippen molar-refractivity contribution >= 4 is 34.9 Å². The van der Waals surface area contributed by atoms with E-state index in [9.17, 15) is 22.8 Å². The van der Waals surface area contributed by atoms with Crippen molar-refractivity contribution in [3.05, 3.63) is 81.9 Å². The summed E-state index contributed by atoms with van der Waals surface area (Å²) in [5.41, 5.74) is 1.01. The summed E-state index contributed by atoms with van der Waals surface area (Å²) in [6.45, 7) is 4.49. The van der Waals surface area contributed by atoms with Crippen LogP contribution in [0.4, 0.5) is 24.7 Å². The Morgan fingerprint density at radius 3 is 2.68 bits per heavy atom. The molecular weight excluding hydrogens is 559 g/mol. The summed E-state index contributed by atoms with van der Waals surface area (Å²) in [5, 5.41) is 6.64. The van der Waals surface area contributed by atoms with Crippen molar-refractivity contribution in [2.24, 2.45) is 11.8 Å². The molecule has 1 N–H and O–H groups in total. The minimum absolute atomic E-state index is 0.0629. The first-order chi connectivity index (χ1) is 19.6. The first-order valence-electron chi connectivity index (χ1n) is 12.8. The van der Waals surface area contributed by atoms with Gasteiger partial charge in [0.1, 0.15) is 11.5 Å². The standard InChI is InChI=1S/C28H23ClF3N7O2/c1-13-5-15(7-34-26(13)39-11-16-6-19(16)28(39)41)10-38-12-17(8-35-38)37-27(40)24-14(2)36-21(9-33-24)22-18(25(31)32)3-4-20(29)23(22)30/h3-5,7-9,12,16,19,25H,6,10-11H2,1-2H3,(H,37,40)/t16-,19-/m1/s1. The molecule has 2 fully saturated rings. The number of nitrogens with one attached hydrogen (secondary N) is 1. The number of benzene rings is 1. The molecule has 6 rings (SSSR count). The van der Waals surface area contributed by atoms with Crippen LogP contribution in [-0.4, -0.2) is 43.1 Å². The second-order valence-electron chi connectivity index (χ2n) is 10.2. The number of hydrogen-bond acceptors (Lipinski definition) is 6. The second kappa shape index (κ2) is 10.3. The highest BCUT2D eigenvalue weighted by atomic mass is 35.5. The van der Waals surface area contributed by atoms with Crippen LogP contribution >= 0.6 is 11.6 Å². The van der Waals surface area contributed by atoms with Crippen LogP contribution in [0, 0.1) is 31.5 Å². The first-order valence-corrected chi connectivity index (χ1v) is 13.2. The van der Waals surface area contributed by atoms with Crippen LogP contribution in [0.2, 0.25) is 5.02 Å². The van der Waals surface area contributed by atoms with E-state index in [2.05, 4.69) is 25.4 Å². The Labute approximate surface area is 237 Å². The molecule has 2 aliphatic rings. The number of nitrogens with zero attached hydrogens (tertiary/aromatic N) is 6. The fourth-order valence-corrected chi connectivity index (χ4v) is 5.34. The van der Waals surface area contributed by atoms with Gasteiger partial charge < -0.3 is 5.32 Å². The molecule has 4 heterocycles. The molecule has 41 heavy (non-hydrogen) atoms. The normalized spacial score (nSPS) is 17.7. The van der Waals surface area contributed by atoms with Gasteiger partial charge in [-0.15, -0.1) is 0 Å². The van der Waals surface area contributed by atoms with Gasteiger partial charge in [-0.05, 0) is 49.4 Å². The molecule has 3 aromatic heterocycles. The van der Waals surface area contributed by atoms with Crippen LogP contribution in [-0.2, 0) is 11.3 Å². The number of hydrogen-bond donors (Lipinski definition) is 1. The number of rotatable bonds is 7. The Morgan fingerprint density at radius 2 is 2.00 bits per heavy atom. The van der Waals surface area contributed by atoms with Crippen LogP contribution in [0.3, 0.4) is 0 Å². The van der Waals surface area contributed by atoms with Gasteiger partial charge >= 0.3 is 0 Å². The third kappa shape index (κ3) is 5.03. The van der Waals surface area contributed by atoms with Crippen LogP contribution in [0.15, 0.2) is 43.0 Å². The lowest BCUT2D eigenvalue weighted by molar-refractivity contribution is -0.118. The SMILES string of the molecule is Cc1cc(Cn2cc(NC(=O)c3ncc(-c4c(C(F)F)ccc(Cl)c4F)nc3C)cn2)cnc1N1C[C@H]2C[C@H]2C1=O. The molecule has 0 bridgehead atoms. The molecular formula is C28H23ClF3N7O2. The fourth-order valence-electron chi connectivity index (χ4n) is 5.19. The summed E-state index contributed by atoms with van der Waals surface area (Å²) in [7, 11) is 0. The predicted octanol–water partition coefficient (Wildman–Crippen LogP) is 5.37. The van der Waals surface area contributed by atoms with Gasteiger partial charge in [-0.3, -0.25) is 19.2 Å². The molecule has 1 aliphatic carbocycles. The maximum atomic E-state index is 14.6. The minimum Gasteiger partial charge on any atom is -0.318 e. The average molecular weight is 582 g/mol. The highest BCUT2D eigenvalue weighted by Gasteiger charge is 2.53. The quantitative estimate of drug-likeness (QED) is 0.315. The number of amides is 2. The lowest BCUT2D eigenvalue weighted by Crippen LogP contribution is -2.29. The molecule has 0 radical (unpaired) electrons. The van der Waals surface area contributed by atoms with Crippen LogP contribution in [0.5, 0.6) is 0 Å². The van der Waals surface area contributed by atoms with E-state index in [1.165, 1.54) is 13.1 Å². The molecule has 1 saturated carbocycles. The van der Waals surface area contributed by atoms with Gasteiger partial charge in [0, 0.05) is 36.0 Å². The monoisotopic (exact) mass is 581 g/mol. The van der Waals surface area contributed by atoms with E-state index in [4.69, 9.17) is 11.6 Å². The van der Waals surface area contributed by atoms with Gasteiger partial charge in [-0.2, -0.15) is 5.10 Å². The van der Waals surface area contributed by atoms with Crippen molar-refractivity contribution in [3.8, 4) is 11.3 Å². The number of aromatic nitrogens is 5. The zero-order chi connectivity index (χ0) is 29.0. The van der Waals surface area contributed by atoms with E-state index >= 15 is 0 Å². The summed E-state index contributed by atoms with van der Waals surface area (Å²) in [6.07, 6.45) is 3.89. The molecule has 9 nitrogen and oxygen atoms in total. The molecule has 1 aliphatic heterocycles. The largest absolute Gasteiger partial charge is 0.318 e. The number of anilines is 2. The molecule has 1 aromatic carbocycles. The molecule has 4 aromatic rings. The van der Waals surface area contributed by atoms with Crippen molar-refractivity contribution in [1.82, 2.24) is 24.7 Å². The molecule has 1 saturated heterocycles. The Kier molecular flexibility index (Phi) is 6.72. The molecule has 2 atom stereocenters. The van der Waals surface area contributed by atoms with Crippen molar-refractivity contribution in [2.75, 3.05) is 16.8 Å². The number of halogens is 4. The van der Waals surface area contributed by atoms with Crippen LogP contribution in [0.25, 0.3) is 11.3 Å². The van der Waals surface area contributed by atoms with Gasteiger partial charge in [-0.25, -0.2) is 28.1 Å². The highest BCUT2D eigenvalue weighted by molar-refractivity contribution is 6.31. The Hall–Kier alpha value is -4.32. The Morgan fingerprint density at radius 1 is 1.20 bits per heavy atom. The van der Waals surface area contributed by atoms with E-state index in [-0.39, 0.29) is 33.9 Å². The number of pyridine rings is 1. The number of carbonyl (C=O) groups is 2. The average Bonchev–Trinajstić information content (AvgIpc) is 3.46. The van der Waals surface area contributed by atoms with Gasteiger partial charge in [0.15, 0.2) is 5.82 Å². The third-order valence-electron chi connectivity index (χ3n) is 7.30. The third-order valence-corrected chi connectivity index (χ3v) is 7.59. The Balaban J connectivity index is 1.14. The predicted molar refractivity (Wildman–Crippen MR) is 144 cm³/mol. The van der Waals surface area contributed by atoms with Gasteiger partial charge in [0.2, 0.25) is 5.91 Å². The smallest absolute Gasteiger partial charge is 0.276 e. The highest BCUT2D eigenvalue weighted by Crippen LogP contribution is 2.47. The summed E-state index contributed by atoms with van der Waals surface area (Å²) < 4.78 is 43.3. The number of aryl methyl sites for hydroxylation is 2. The molecule has 13 heteroatoms. The number of alkyl halides is 2. The van der Waals surface area contributed by atoms with E-state index < -0.39 is 29.3 Å². The van der Waals surface area contributed by atoms with E-state index in [0.29, 0.717) is 24.0 Å². The number of fused-ring (bicyclic) bond motifs is 1. The topological polar surface area (TPSA) is 106 Å². The number of carbonyl (C=O) groups excluding carboxylic acids is 2. The molecule has 210 valence electrons. The summed E-state index contributed by atoms with van der Waals surface area (Å²) >= 11 is 5.80. The first kappa shape index (κ1) is 26.9. The maximum Gasteiger partial charge on any atom is 0.276 e. The minimum atomic E-state index is -2.96. The summed E-state index contributed by atoms with van der Waals surface area (Å²) in [6, 6.07) is 4.04. The van der Waals surface area contributed by atoms with Crippen LogP contribution < -0.4 is 10.2 Å². The second-order valence-corrected chi connectivity index (χ2v) is 10.6. The van der Waals surface area contributed by atoms with Crippen molar-refractivity contribution in [3.63, 3.8) is 0 Å². The van der Waals surface area contributed by atoms with Crippen molar-refractivity contribution in [2.45, 2.75) is 33.2 Å².